The summed E-state index contributed by atoms with van der Waals surface area (Å²) in [5, 5.41) is 0.136. The van der Waals surface area contributed by atoms with E-state index in [1.165, 1.54) is 7.11 Å². The summed E-state index contributed by atoms with van der Waals surface area (Å²) in [6.07, 6.45) is 2.64. The van der Waals surface area contributed by atoms with Crippen molar-refractivity contribution in [3.05, 3.63) is 0 Å². The van der Waals surface area contributed by atoms with E-state index in [4.69, 9.17) is 15.2 Å². The fourth-order valence-electron chi connectivity index (χ4n) is 1.95. The zero-order valence-electron chi connectivity index (χ0n) is 15.1. The van der Waals surface area contributed by atoms with Crippen LogP contribution in [0.5, 0.6) is 0 Å². The summed E-state index contributed by atoms with van der Waals surface area (Å²) in [6, 6.07) is 0. The summed E-state index contributed by atoms with van der Waals surface area (Å²) >= 11 is 1.71. The smallest absolute Gasteiger partial charge is 0.307 e. The van der Waals surface area contributed by atoms with Gasteiger partial charge in [0.15, 0.2) is 0 Å². The van der Waals surface area contributed by atoms with E-state index >= 15 is 0 Å². The highest BCUT2D eigenvalue weighted by atomic mass is 32.2. The number of hydrogen-bond acceptors (Lipinski definition) is 8. The molecule has 8 heteroatoms. The third-order valence-corrected chi connectivity index (χ3v) is 4.44. The van der Waals surface area contributed by atoms with E-state index in [0.29, 0.717) is 26.1 Å². The van der Waals surface area contributed by atoms with Gasteiger partial charge in [0, 0.05) is 32.5 Å². The van der Waals surface area contributed by atoms with Crippen molar-refractivity contribution in [2.75, 3.05) is 52.8 Å². The number of rotatable bonds is 15. The molecule has 7 nitrogen and oxygen atoms in total. The number of methoxy groups -OCH3 is 2. The molecule has 1 unspecified atom stereocenters. The largest absolute Gasteiger partial charge is 0.469 e. The van der Waals surface area contributed by atoms with Crippen molar-refractivity contribution in [3.8, 4) is 0 Å². The van der Waals surface area contributed by atoms with E-state index in [9.17, 15) is 9.59 Å². The highest BCUT2D eigenvalue weighted by Crippen LogP contribution is 2.11. The van der Waals surface area contributed by atoms with Crippen molar-refractivity contribution in [3.63, 3.8) is 0 Å². The molecule has 0 aliphatic heterocycles. The number of carbonyl (C=O) groups is 2. The molecular weight excluding hydrogens is 332 g/mol. The minimum Gasteiger partial charge on any atom is -0.469 e. The van der Waals surface area contributed by atoms with Gasteiger partial charge in [0.05, 0.1) is 31.9 Å². The monoisotopic (exact) mass is 364 g/mol. The van der Waals surface area contributed by atoms with Crippen LogP contribution in [0.1, 0.15) is 32.6 Å². The highest BCUT2D eigenvalue weighted by molar-refractivity contribution is 7.99. The van der Waals surface area contributed by atoms with Gasteiger partial charge in [0.2, 0.25) is 0 Å². The van der Waals surface area contributed by atoms with Crippen LogP contribution in [0.3, 0.4) is 0 Å². The molecule has 0 saturated carbocycles. The minimum atomic E-state index is -0.259. The van der Waals surface area contributed by atoms with Gasteiger partial charge < -0.3 is 24.8 Å². The van der Waals surface area contributed by atoms with Gasteiger partial charge in [0.25, 0.3) is 0 Å². The summed E-state index contributed by atoms with van der Waals surface area (Å²) in [6.45, 7) is 4.64. The van der Waals surface area contributed by atoms with Crippen molar-refractivity contribution in [1.82, 2.24) is 4.90 Å². The SMILES string of the molecule is CCCC(N)SCCN(CCC(=O)OC)CCC(=O)OCCOC. The van der Waals surface area contributed by atoms with Gasteiger partial charge >= 0.3 is 11.9 Å². The first-order valence-electron chi connectivity index (χ1n) is 8.34. The van der Waals surface area contributed by atoms with Crippen LogP contribution in [0.2, 0.25) is 0 Å². The van der Waals surface area contributed by atoms with Crippen molar-refractivity contribution in [2.24, 2.45) is 5.73 Å². The lowest BCUT2D eigenvalue weighted by atomic mass is 10.3. The molecule has 0 fully saturated rings. The van der Waals surface area contributed by atoms with Crippen LogP contribution in [-0.4, -0.2) is 75.0 Å². The van der Waals surface area contributed by atoms with Gasteiger partial charge in [-0.05, 0) is 6.42 Å². The summed E-state index contributed by atoms with van der Waals surface area (Å²) in [7, 11) is 2.93. The topological polar surface area (TPSA) is 91.1 Å². The van der Waals surface area contributed by atoms with Gasteiger partial charge in [-0.2, -0.15) is 0 Å². The molecule has 0 heterocycles. The minimum absolute atomic E-state index is 0.136. The van der Waals surface area contributed by atoms with Crippen molar-refractivity contribution in [1.29, 1.82) is 0 Å². The van der Waals surface area contributed by atoms with Crippen molar-refractivity contribution < 1.29 is 23.8 Å². The maximum atomic E-state index is 11.7. The molecule has 0 aromatic heterocycles. The van der Waals surface area contributed by atoms with Gasteiger partial charge in [-0.25, -0.2) is 0 Å². The Morgan fingerprint density at radius 1 is 1.08 bits per heavy atom. The van der Waals surface area contributed by atoms with E-state index < -0.39 is 0 Å². The lowest BCUT2D eigenvalue weighted by Crippen LogP contribution is -2.32. The highest BCUT2D eigenvalue weighted by Gasteiger charge is 2.12. The molecule has 142 valence electrons. The molecule has 0 spiro atoms. The number of ether oxygens (including phenoxy) is 3. The average molecular weight is 365 g/mol. The maximum Gasteiger partial charge on any atom is 0.307 e. The first-order valence-corrected chi connectivity index (χ1v) is 9.39. The predicted molar refractivity (Wildman–Crippen MR) is 95.9 cm³/mol. The molecule has 0 radical (unpaired) electrons. The number of nitrogens with zero attached hydrogens (tertiary/aromatic N) is 1. The Balaban J connectivity index is 4.16. The molecule has 0 amide bonds. The van der Waals surface area contributed by atoms with Crippen LogP contribution in [0.15, 0.2) is 0 Å². The van der Waals surface area contributed by atoms with E-state index in [2.05, 4.69) is 16.6 Å². The lowest BCUT2D eigenvalue weighted by Gasteiger charge is -2.22. The number of thioether (sulfide) groups is 1. The van der Waals surface area contributed by atoms with E-state index in [1.807, 2.05) is 0 Å². The summed E-state index contributed by atoms with van der Waals surface area (Å²) < 4.78 is 14.6. The third-order valence-electron chi connectivity index (χ3n) is 3.36. The Hall–Kier alpha value is -0.830. The Morgan fingerprint density at radius 3 is 2.33 bits per heavy atom. The van der Waals surface area contributed by atoms with Crippen LogP contribution < -0.4 is 5.73 Å². The van der Waals surface area contributed by atoms with Crippen molar-refractivity contribution in [2.45, 2.75) is 38.0 Å². The molecule has 2 N–H and O–H groups in total. The maximum absolute atomic E-state index is 11.7. The molecule has 0 aliphatic carbocycles. The quantitative estimate of drug-likeness (QED) is 0.264. The molecule has 0 saturated heterocycles. The van der Waals surface area contributed by atoms with Crippen molar-refractivity contribution >= 4 is 23.7 Å². The van der Waals surface area contributed by atoms with E-state index in [-0.39, 0.29) is 30.3 Å². The second-order valence-corrected chi connectivity index (χ2v) is 6.68. The number of carbonyl (C=O) groups excluding carboxylic acids is 2. The van der Waals surface area contributed by atoms with Crippen LogP contribution in [-0.2, 0) is 23.8 Å². The first-order chi connectivity index (χ1) is 11.5. The predicted octanol–water partition coefficient (Wildman–Crippen LogP) is 1.25. The first kappa shape index (κ1) is 23.2. The Kier molecular flexibility index (Phi) is 15.1. The van der Waals surface area contributed by atoms with Crippen LogP contribution in [0, 0.1) is 0 Å². The molecule has 0 aromatic rings. The van der Waals surface area contributed by atoms with Crippen LogP contribution in [0.25, 0.3) is 0 Å². The molecule has 0 aromatic carbocycles. The Bertz CT molecular complexity index is 344. The molecule has 0 rings (SSSR count). The van der Waals surface area contributed by atoms with Gasteiger partial charge in [-0.1, -0.05) is 13.3 Å². The lowest BCUT2D eigenvalue weighted by molar-refractivity contribution is -0.145. The fraction of sp³-hybridized carbons (Fsp3) is 0.875. The standard InChI is InChI=1S/C16H32N2O5S/c1-4-5-14(17)24-13-10-18(8-6-15(19)22-3)9-7-16(20)23-12-11-21-2/h14H,4-13,17H2,1-3H3. The number of esters is 2. The Morgan fingerprint density at radius 2 is 1.75 bits per heavy atom. The van der Waals surface area contributed by atoms with Gasteiger partial charge in [-0.15, -0.1) is 11.8 Å². The second-order valence-electron chi connectivity index (χ2n) is 5.33. The average Bonchev–Trinajstić information content (AvgIpc) is 2.56. The Labute approximate surface area is 149 Å². The molecule has 0 bridgehead atoms. The van der Waals surface area contributed by atoms with Crippen LogP contribution >= 0.6 is 11.8 Å². The van der Waals surface area contributed by atoms with Gasteiger partial charge in [0.1, 0.15) is 6.61 Å². The number of nitrogens with two attached hydrogens (primary N) is 1. The zero-order valence-corrected chi connectivity index (χ0v) is 15.9. The second kappa shape index (κ2) is 15.7. The summed E-state index contributed by atoms with van der Waals surface area (Å²) in [5.74, 6) is 0.351. The normalized spacial score (nSPS) is 12.2. The number of hydrogen-bond donors (Lipinski definition) is 1. The molecule has 24 heavy (non-hydrogen) atoms. The zero-order chi connectivity index (χ0) is 18.2. The molecule has 1 atom stereocenters. The summed E-state index contributed by atoms with van der Waals surface area (Å²) in [4.78, 5) is 25.0. The third kappa shape index (κ3) is 13.6. The van der Waals surface area contributed by atoms with Gasteiger partial charge in [-0.3, -0.25) is 9.59 Å². The summed E-state index contributed by atoms with van der Waals surface area (Å²) in [5.41, 5.74) is 5.99. The van der Waals surface area contributed by atoms with E-state index in [1.54, 1.807) is 18.9 Å². The van der Waals surface area contributed by atoms with E-state index in [0.717, 1.165) is 25.1 Å². The van der Waals surface area contributed by atoms with Crippen LogP contribution in [0.4, 0.5) is 0 Å². The fourth-order valence-corrected chi connectivity index (χ4v) is 3.02. The molecular formula is C16H32N2O5S. The molecule has 0 aliphatic rings.